The van der Waals surface area contributed by atoms with Crippen LogP contribution in [0.4, 0.5) is 0 Å². The second-order valence-corrected chi connectivity index (χ2v) is 6.59. The molecule has 6 heteroatoms. The van der Waals surface area contributed by atoms with Gasteiger partial charge in [-0.1, -0.05) is 27.7 Å². The van der Waals surface area contributed by atoms with Crippen LogP contribution < -0.4 is 5.32 Å². The van der Waals surface area contributed by atoms with Crippen molar-refractivity contribution in [2.24, 2.45) is 5.92 Å². The van der Waals surface area contributed by atoms with Crippen molar-refractivity contribution in [1.29, 1.82) is 0 Å². The summed E-state index contributed by atoms with van der Waals surface area (Å²) >= 11 is 0. The van der Waals surface area contributed by atoms with E-state index in [0.29, 0.717) is 24.3 Å². The molecule has 1 heterocycles. The van der Waals surface area contributed by atoms with Crippen LogP contribution in [0.3, 0.4) is 0 Å². The molecular weight excluding hydrogens is 333 g/mol. The number of halogens is 2. The highest BCUT2D eigenvalue weighted by Gasteiger charge is 2.19. The molecule has 1 amide bonds. The molecule has 1 rings (SSSR count). The summed E-state index contributed by atoms with van der Waals surface area (Å²) in [6.07, 6.45) is 4.19. The zero-order chi connectivity index (χ0) is 15.7. The van der Waals surface area contributed by atoms with Gasteiger partial charge in [0.2, 0.25) is 5.91 Å². The molecule has 1 N–H and O–H groups in total. The number of carbonyl (C=O) groups excluding carboxylic acids is 1. The van der Waals surface area contributed by atoms with E-state index < -0.39 is 0 Å². The Morgan fingerprint density at radius 1 is 1.17 bits per heavy atom. The van der Waals surface area contributed by atoms with E-state index in [1.807, 2.05) is 0 Å². The van der Waals surface area contributed by atoms with E-state index in [9.17, 15) is 4.79 Å². The van der Waals surface area contributed by atoms with Crippen molar-refractivity contribution in [3.05, 3.63) is 0 Å². The third kappa shape index (κ3) is 10.4. The van der Waals surface area contributed by atoms with E-state index in [1.165, 1.54) is 12.8 Å². The molecule has 0 aromatic rings. The lowest BCUT2D eigenvalue weighted by atomic mass is 10.1. The maximum absolute atomic E-state index is 12.5. The number of hydrogen-bond donors (Lipinski definition) is 1. The molecule has 0 bridgehead atoms. The van der Waals surface area contributed by atoms with Gasteiger partial charge < -0.3 is 15.1 Å². The summed E-state index contributed by atoms with van der Waals surface area (Å²) in [5, 5.41) is 3.48. The number of nitrogens with zero attached hydrogens (tertiary/aromatic N) is 2. The fraction of sp³-hybridized carbons (Fsp3) is 0.941. The molecule has 1 saturated heterocycles. The van der Waals surface area contributed by atoms with Gasteiger partial charge in [-0.3, -0.25) is 4.79 Å². The average molecular weight is 370 g/mol. The van der Waals surface area contributed by atoms with E-state index in [1.54, 1.807) is 0 Å². The lowest BCUT2D eigenvalue weighted by Gasteiger charge is -2.28. The van der Waals surface area contributed by atoms with Gasteiger partial charge in [-0.25, -0.2) is 0 Å². The first-order valence-corrected chi connectivity index (χ1v) is 8.80. The molecule has 0 saturated carbocycles. The fourth-order valence-electron chi connectivity index (χ4n) is 3.02. The Morgan fingerprint density at radius 3 is 2.30 bits per heavy atom. The van der Waals surface area contributed by atoms with Gasteiger partial charge >= 0.3 is 0 Å². The van der Waals surface area contributed by atoms with Gasteiger partial charge in [0, 0.05) is 32.1 Å². The standard InChI is InChI=1S/C17H35N3O.2ClH/c1-5-19(6-2)12-13-20(14-15(3)4)17(21)10-9-16-8-7-11-18-16;;/h15-16,18H,5-14H2,1-4H3;2*1H. The van der Waals surface area contributed by atoms with Crippen LogP contribution in [0, 0.1) is 5.92 Å². The van der Waals surface area contributed by atoms with Gasteiger partial charge in [0.25, 0.3) is 0 Å². The quantitative estimate of drug-likeness (QED) is 0.642. The van der Waals surface area contributed by atoms with Crippen LogP contribution >= 0.6 is 24.8 Å². The van der Waals surface area contributed by atoms with Gasteiger partial charge in [0.1, 0.15) is 0 Å². The Balaban J connectivity index is 0. The van der Waals surface area contributed by atoms with E-state index in [2.05, 4.69) is 42.8 Å². The average Bonchev–Trinajstić information content (AvgIpc) is 2.97. The topological polar surface area (TPSA) is 35.6 Å². The highest BCUT2D eigenvalue weighted by Crippen LogP contribution is 2.12. The highest BCUT2D eigenvalue weighted by molar-refractivity contribution is 5.85. The Morgan fingerprint density at radius 2 is 1.83 bits per heavy atom. The molecule has 0 spiro atoms. The number of hydrogen-bond acceptors (Lipinski definition) is 3. The van der Waals surface area contributed by atoms with Crippen molar-refractivity contribution in [3.63, 3.8) is 0 Å². The third-order valence-corrected chi connectivity index (χ3v) is 4.39. The number of carbonyl (C=O) groups is 1. The van der Waals surface area contributed by atoms with Gasteiger partial charge in [-0.05, 0) is 44.8 Å². The maximum Gasteiger partial charge on any atom is 0.222 e. The van der Waals surface area contributed by atoms with E-state index >= 15 is 0 Å². The third-order valence-electron chi connectivity index (χ3n) is 4.39. The molecule has 140 valence electrons. The molecule has 1 fully saturated rings. The normalized spacial score (nSPS) is 17.0. The largest absolute Gasteiger partial charge is 0.341 e. The number of rotatable bonds is 10. The van der Waals surface area contributed by atoms with Crippen molar-refractivity contribution in [2.75, 3.05) is 39.3 Å². The molecule has 1 atom stereocenters. The van der Waals surface area contributed by atoms with Crippen molar-refractivity contribution in [3.8, 4) is 0 Å². The summed E-state index contributed by atoms with van der Waals surface area (Å²) in [5.74, 6) is 0.875. The molecule has 1 aliphatic heterocycles. The molecule has 0 aromatic heterocycles. The number of likely N-dealkylation sites (N-methyl/N-ethyl adjacent to an activating group) is 1. The lowest BCUT2D eigenvalue weighted by Crippen LogP contribution is -2.41. The first-order chi connectivity index (χ1) is 10.1. The second kappa shape index (κ2) is 14.3. The van der Waals surface area contributed by atoms with Crippen molar-refractivity contribution in [2.45, 2.75) is 59.4 Å². The summed E-state index contributed by atoms with van der Waals surface area (Å²) in [6, 6.07) is 0.567. The number of nitrogens with one attached hydrogen (secondary N) is 1. The van der Waals surface area contributed by atoms with Crippen LogP contribution in [0.1, 0.15) is 53.4 Å². The van der Waals surface area contributed by atoms with Crippen LogP contribution in [-0.4, -0.2) is 61.0 Å². The van der Waals surface area contributed by atoms with Crippen LogP contribution in [0.25, 0.3) is 0 Å². The zero-order valence-electron chi connectivity index (χ0n) is 15.3. The molecule has 23 heavy (non-hydrogen) atoms. The molecule has 1 unspecified atom stereocenters. The minimum atomic E-state index is 0. The monoisotopic (exact) mass is 369 g/mol. The molecule has 0 aliphatic carbocycles. The fourth-order valence-corrected chi connectivity index (χ4v) is 3.02. The predicted octanol–water partition coefficient (Wildman–Crippen LogP) is 3.19. The van der Waals surface area contributed by atoms with Crippen LogP contribution in [-0.2, 0) is 4.79 Å². The minimum Gasteiger partial charge on any atom is -0.341 e. The Hall–Kier alpha value is -0.0300. The first-order valence-electron chi connectivity index (χ1n) is 8.80. The van der Waals surface area contributed by atoms with E-state index in [4.69, 9.17) is 0 Å². The SMILES string of the molecule is CCN(CC)CCN(CC(C)C)C(=O)CCC1CCCN1.Cl.Cl. The van der Waals surface area contributed by atoms with Gasteiger partial charge in [-0.15, -0.1) is 24.8 Å². The van der Waals surface area contributed by atoms with Gasteiger partial charge in [0.15, 0.2) is 0 Å². The Bertz CT molecular complexity index is 294. The highest BCUT2D eigenvalue weighted by atomic mass is 35.5. The Labute approximate surface area is 155 Å². The lowest BCUT2D eigenvalue weighted by molar-refractivity contribution is -0.132. The predicted molar refractivity (Wildman–Crippen MR) is 104 cm³/mol. The summed E-state index contributed by atoms with van der Waals surface area (Å²) in [7, 11) is 0. The van der Waals surface area contributed by atoms with E-state index in [-0.39, 0.29) is 24.8 Å². The van der Waals surface area contributed by atoms with E-state index in [0.717, 1.165) is 45.7 Å². The summed E-state index contributed by atoms with van der Waals surface area (Å²) in [6.45, 7) is 14.7. The molecule has 4 nitrogen and oxygen atoms in total. The van der Waals surface area contributed by atoms with Crippen molar-refractivity contribution < 1.29 is 4.79 Å². The molecule has 0 radical (unpaired) electrons. The first kappa shape index (κ1) is 25.2. The Kier molecular flexibility index (Phi) is 15.7. The van der Waals surface area contributed by atoms with Gasteiger partial charge in [-0.2, -0.15) is 0 Å². The summed E-state index contributed by atoms with van der Waals surface area (Å²) < 4.78 is 0. The molecule has 1 aliphatic rings. The van der Waals surface area contributed by atoms with Crippen molar-refractivity contribution in [1.82, 2.24) is 15.1 Å². The van der Waals surface area contributed by atoms with Crippen molar-refractivity contribution >= 4 is 30.7 Å². The van der Waals surface area contributed by atoms with Crippen LogP contribution in [0.15, 0.2) is 0 Å². The van der Waals surface area contributed by atoms with Crippen LogP contribution in [0.5, 0.6) is 0 Å². The van der Waals surface area contributed by atoms with Crippen LogP contribution in [0.2, 0.25) is 0 Å². The van der Waals surface area contributed by atoms with Gasteiger partial charge in [0.05, 0.1) is 0 Å². The second-order valence-electron chi connectivity index (χ2n) is 6.59. The number of amides is 1. The minimum absolute atomic E-state index is 0. The molecule has 0 aromatic carbocycles. The smallest absolute Gasteiger partial charge is 0.222 e. The molecular formula is C17H37Cl2N3O. The summed E-state index contributed by atoms with van der Waals surface area (Å²) in [5.41, 5.74) is 0. The summed E-state index contributed by atoms with van der Waals surface area (Å²) in [4.78, 5) is 17.0. The zero-order valence-corrected chi connectivity index (χ0v) is 17.0. The maximum atomic E-state index is 12.5.